The van der Waals surface area contributed by atoms with E-state index < -0.39 is 35.6 Å². The molecule has 9 nitrogen and oxygen atoms in total. The highest BCUT2D eigenvalue weighted by Crippen LogP contribution is 2.40. The second-order valence-corrected chi connectivity index (χ2v) is 8.88. The van der Waals surface area contributed by atoms with Gasteiger partial charge in [0.1, 0.15) is 0 Å². The van der Waals surface area contributed by atoms with Crippen molar-refractivity contribution in [1.29, 1.82) is 0 Å². The lowest BCUT2D eigenvalue weighted by Gasteiger charge is -2.42. The maximum absolute atomic E-state index is 13.7. The fourth-order valence-corrected chi connectivity index (χ4v) is 5.17. The van der Waals surface area contributed by atoms with E-state index in [9.17, 15) is 19.2 Å². The molecular formula is C24H22ClN3O6. The summed E-state index contributed by atoms with van der Waals surface area (Å²) in [6.07, 6.45) is 2.04. The monoisotopic (exact) mass is 483 g/mol. The number of hydrogen-bond donors (Lipinski definition) is 0. The summed E-state index contributed by atoms with van der Waals surface area (Å²) >= 11 is 6.40. The first-order chi connectivity index (χ1) is 16.3. The van der Waals surface area contributed by atoms with Gasteiger partial charge in [-0.25, -0.2) is 9.59 Å². The number of aryl methyl sites for hydroxylation is 1. The molecule has 0 spiro atoms. The molecule has 2 heterocycles. The smallest absolute Gasteiger partial charge is 0.419 e. The number of methoxy groups -OCH3 is 1. The Balaban J connectivity index is 1.61. The lowest BCUT2D eigenvalue weighted by Crippen LogP contribution is -2.60. The first-order valence-electron chi connectivity index (χ1n) is 10.9. The topological polar surface area (TPSA) is 102 Å². The minimum absolute atomic E-state index is 0.182. The number of aromatic nitrogens is 1. The molecule has 176 valence electrons. The number of urea groups is 1. The quantitative estimate of drug-likeness (QED) is 0.418. The van der Waals surface area contributed by atoms with Gasteiger partial charge in [-0.3, -0.25) is 24.0 Å². The Kier molecular flexibility index (Phi) is 5.44. The van der Waals surface area contributed by atoms with Gasteiger partial charge >= 0.3 is 17.8 Å². The molecule has 0 saturated carbocycles. The van der Waals surface area contributed by atoms with Crippen molar-refractivity contribution in [1.82, 2.24) is 9.47 Å². The normalized spacial score (nSPS) is 20.6. The highest BCUT2D eigenvalue weighted by molar-refractivity contribution is 6.31. The van der Waals surface area contributed by atoms with Crippen LogP contribution in [-0.4, -0.2) is 41.0 Å². The van der Waals surface area contributed by atoms with Gasteiger partial charge in [-0.1, -0.05) is 23.7 Å². The molecule has 1 unspecified atom stereocenters. The summed E-state index contributed by atoms with van der Waals surface area (Å²) < 4.78 is 11.5. The van der Waals surface area contributed by atoms with Crippen LogP contribution in [0.5, 0.6) is 0 Å². The van der Waals surface area contributed by atoms with Crippen LogP contribution in [0.3, 0.4) is 0 Å². The number of amides is 3. The third kappa shape index (κ3) is 3.38. The molecule has 1 aromatic heterocycles. The highest BCUT2D eigenvalue weighted by atomic mass is 35.5. The number of esters is 1. The van der Waals surface area contributed by atoms with Gasteiger partial charge in [-0.05, 0) is 48.6 Å². The van der Waals surface area contributed by atoms with Gasteiger partial charge in [0, 0.05) is 23.8 Å². The second kappa shape index (κ2) is 8.32. The Labute approximate surface area is 199 Å². The van der Waals surface area contributed by atoms with Crippen molar-refractivity contribution in [3.8, 4) is 0 Å². The highest BCUT2D eigenvalue weighted by Gasteiger charge is 2.48. The molecule has 34 heavy (non-hydrogen) atoms. The van der Waals surface area contributed by atoms with Crippen LogP contribution in [0.25, 0.3) is 11.1 Å². The summed E-state index contributed by atoms with van der Waals surface area (Å²) in [5.41, 5.74) is 2.97. The maximum Gasteiger partial charge on any atom is 0.419 e. The number of oxazole rings is 1. The fraction of sp³-hybridized carbons (Fsp3) is 0.333. The van der Waals surface area contributed by atoms with E-state index in [0.717, 1.165) is 28.9 Å². The summed E-state index contributed by atoms with van der Waals surface area (Å²) in [5.74, 6) is -3.04. The number of halogens is 1. The minimum Gasteiger partial charge on any atom is -0.468 e. The number of carbonyl (C=O) groups is 3. The van der Waals surface area contributed by atoms with Gasteiger partial charge in [-0.2, -0.15) is 0 Å². The molecule has 0 N–H and O–H groups in total. The SMILES string of the molecule is COC(=O)C1CN(c2ccc3c(c2)oc(=O)n3C)C(=O)N([C@H]2CCCc3c(Cl)cccc32)C1=O. The van der Waals surface area contributed by atoms with Crippen LogP contribution in [0.1, 0.15) is 30.0 Å². The number of fused-ring (bicyclic) bond motifs is 2. The average Bonchev–Trinajstić information content (AvgIpc) is 3.12. The van der Waals surface area contributed by atoms with E-state index in [-0.39, 0.29) is 6.54 Å². The van der Waals surface area contributed by atoms with E-state index in [0.29, 0.717) is 28.2 Å². The first kappa shape index (κ1) is 22.2. The largest absolute Gasteiger partial charge is 0.468 e. The number of anilines is 1. The van der Waals surface area contributed by atoms with Gasteiger partial charge < -0.3 is 9.15 Å². The Morgan fingerprint density at radius 1 is 1.18 bits per heavy atom. The van der Waals surface area contributed by atoms with Crippen molar-refractivity contribution in [2.45, 2.75) is 25.3 Å². The molecule has 2 aromatic carbocycles. The lowest BCUT2D eigenvalue weighted by atomic mass is 9.85. The molecule has 5 rings (SSSR count). The van der Waals surface area contributed by atoms with Crippen molar-refractivity contribution in [2.24, 2.45) is 13.0 Å². The van der Waals surface area contributed by atoms with Crippen molar-refractivity contribution >= 4 is 46.3 Å². The number of nitrogens with zero attached hydrogens (tertiary/aromatic N) is 3. The van der Waals surface area contributed by atoms with E-state index in [1.54, 1.807) is 37.4 Å². The number of benzene rings is 2. The molecule has 1 fully saturated rings. The van der Waals surface area contributed by atoms with Gasteiger partial charge in [0.25, 0.3) is 0 Å². The van der Waals surface area contributed by atoms with E-state index >= 15 is 0 Å². The molecule has 0 bridgehead atoms. The number of imide groups is 1. The molecule has 2 aliphatic rings. The zero-order valence-electron chi connectivity index (χ0n) is 18.6. The van der Waals surface area contributed by atoms with Gasteiger partial charge in [0.05, 0.1) is 25.2 Å². The lowest BCUT2D eigenvalue weighted by molar-refractivity contribution is -0.153. The third-order valence-electron chi connectivity index (χ3n) is 6.64. The Morgan fingerprint density at radius 3 is 2.74 bits per heavy atom. The van der Waals surface area contributed by atoms with Crippen LogP contribution in [-0.2, 0) is 27.8 Å². The zero-order valence-corrected chi connectivity index (χ0v) is 19.4. The van der Waals surface area contributed by atoms with Gasteiger partial charge in [-0.15, -0.1) is 0 Å². The number of rotatable bonds is 3. The van der Waals surface area contributed by atoms with E-state index in [1.807, 2.05) is 6.07 Å². The predicted octanol–water partition coefficient (Wildman–Crippen LogP) is 3.42. The third-order valence-corrected chi connectivity index (χ3v) is 7.00. The Bertz CT molecular complexity index is 1390. The molecule has 1 saturated heterocycles. The summed E-state index contributed by atoms with van der Waals surface area (Å²) in [6, 6.07) is 9.20. The molecule has 3 amide bonds. The minimum atomic E-state index is -1.19. The molecule has 2 atom stereocenters. The van der Waals surface area contributed by atoms with Crippen LogP contribution >= 0.6 is 11.6 Å². The average molecular weight is 484 g/mol. The molecular weight excluding hydrogens is 462 g/mol. The van der Waals surface area contributed by atoms with E-state index in [1.165, 1.54) is 16.6 Å². The fourth-order valence-electron chi connectivity index (χ4n) is 4.89. The first-order valence-corrected chi connectivity index (χ1v) is 11.3. The van der Waals surface area contributed by atoms with Crippen LogP contribution < -0.4 is 10.7 Å². The number of hydrogen-bond acceptors (Lipinski definition) is 6. The second-order valence-electron chi connectivity index (χ2n) is 8.47. The van der Waals surface area contributed by atoms with Crippen molar-refractivity contribution in [3.63, 3.8) is 0 Å². The Morgan fingerprint density at radius 2 is 1.97 bits per heavy atom. The molecule has 1 aliphatic heterocycles. The van der Waals surface area contributed by atoms with Crippen LogP contribution in [0.2, 0.25) is 5.02 Å². The van der Waals surface area contributed by atoms with Crippen molar-refractivity contribution in [2.75, 3.05) is 18.6 Å². The van der Waals surface area contributed by atoms with Crippen molar-refractivity contribution < 1.29 is 23.5 Å². The van der Waals surface area contributed by atoms with E-state index in [4.69, 9.17) is 20.8 Å². The predicted molar refractivity (Wildman–Crippen MR) is 124 cm³/mol. The van der Waals surface area contributed by atoms with Crippen molar-refractivity contribution in [3.05, 3.63) is 63.1 Å². The standard InChI is InChI=1S/C24H22ClN3O6/c1-26-19-10-9-13(11-20(19)34-24(26)32)27-12-16(22(30)33-2)21(29)28(23(27)31)18-8-4-5-14-15(18)6-3-7-17(14)25/h3,6-7,9-11,16,18H,4-5,8,12H2,1-2H3/t16?,18-/m0/s1. The van der Waals surface area contributed by atoms with Crippen LogP contribution in [0.4, 0.5) is 10.5 Å². The summed E-state index contributed by atoms with van der Waals surface area (Å²) in [4.78, 5) is 54.2. The van der Waals surface area contributed by atoms with Gasteiger partial charge in [0.15, 0.2) is 11.5 Å². The molecule has 0 radical (unpaired) electrons. The summed E-state index contributed by atoms with van der Waals surface area (Å²) in [6.45, 7) is -0.182. The van der Waals surface area contributed by atoms with Crippen LogP contribution in [0, 0.1) is 5.92 Å². The molecule has 10 heteroatoms. The maximum atomic E-state index is 13.7. The number of ether oxygens (including phenoxy) is 1. The molecule has 3 aromatic rings. The Hall–Kier alpha value is -3.59. The number of carbonyl (C=O) groups excluding carboxylic acids is 3. The van der Waals surface area contributed by atoms with Crippen LogP contribution in [0.15, 0.2) is 45.6 Å². The summed E-state index contributed by atoms with van der Waals surface area (Å²) in [7, 11) is 2.79. The van der Waals surface area contributed by atoms with Gasteiger partial charge in [0.2, 0.25) is 5.91 Å². The zero-order chi connectivity index (χ0) is 24.1. The summed E-state index contributed by atoms with van der Waals surface area (Å²) in [5, 5.41) is 0.588. The van der Waals surface area contributed by atoms with E-state index in [2.05, 4.69) is 0 Å². The molecule has 1 aliphatic carbocycles.